The Morgan fingerprint density at radius 1 is 1.32 bits per heavy atom. The standard InChI is InChI=1S/C16H13N3O4S2/c1-8(12(20)17-9-5-3-2-4-6-9)25-16-18-13(21)11-10(15(22)23)7-24-14(11)19-16/h2-8H,1H3,(H,17,20)(H,22,23)(H,18,19,21). The van der Waals surface area contributed by atoms with Crippen molar-refractivity contribution >= 4 is 50.9 Å². The number of hydrogen-bond acceptors (Lipinski definition) is 6. The monoisotopic (exact) mass is 375 g/mol. The van der Waals surface area contributed by atoms with E-state index in [0.717, 1.165) is 23.1 Å². The summed E-state index contributed by atoms with van der Waals surface area (Å²) in [6, 6.07) is 9.04. The smallest absolute Gasteiger partial charge is 0.337 e. The number of fused-ring (bicyclic) bond motifs is 1. The fraction of sp³-hybridized carbons (Fsp3) is 0.125. The van der Waals surface area contributed by atoms with Gasteiger partial charge in [-0.3, -0.25) is 9.59 Å². The summed E-state index contributed by atoms with van der Waals surface area (Å²) in [5, 5.41) is 13.1. The Balaban J connectivity index is 1.79. The first kappa shape index (κ1) is 17.2. The topological polar surface area (TPSA) is 112 Å². The van der Waals surface area contributed by atoms with Crippen molar-refractivity contribution in [3.63, 3.8) is 0 Å². The molecule has 7 nitrogen and oxygen atoms in total. The molecular weight excluding hydrogens is 362 g/mol. The van der Waals surface area contributed by atoms with E-state index in [1.807, 2.05) is 18.2 Å². The molecule has 0 saturated heterocycles. The number of carbonyl (C=O) groups is 2. The van der Waals surface area contributed by atoms with Crippen LogP contribution in [0.3, 0.4) is 0 Å². The van der Waals surface area contributed by atoms with Gasteiger partial charge in [-0.15, -0.1) is 11.3 Å². The van der Waals surface area contributed by atoms with Crippen LogP contribution < -0.4 is 10.9 Å². The van der Waals surface area contributed by atoms with Crippen molar-refractivity contribution in [3.8, 4) is 0 Å². The van der Waals surface area contributed by atoms with Gasteiger partial charge in [0.1, 0.15) is 4.83 Å². The van der Waals surface area contributed by atoms with Gasteiger partial charge in [0, 0.05) is 11.1 Å². The molecule has 2 aromatic heterocycles. The van der Waals surface area contributed by atoms with Crippen LogP contribution in [0.25, 0.3) is 10.2 Å². The van der Waals surface area contributed by atoms with Crippen LogP contribution in [0.5, 0.6) is 0 Å². The first-order chi connectivity index (χ1) is 12.0. The fourth-order valence-corrected chi connectivity index (χ4v) is 3.90. The van der Waals surface area contributed by atoms with E-state index in [1.165, 1.54) is 5.38 Å². The number of rotatable bonds is 5. The molecule has 1 amide bonds. The number of nitrogens with zero attached hydrogens (tertiary/aromatic N) is 1. The molecule has 0 bridgehead atoms. The molecule has 0 saturated carbocycles. The van der Waals surface area contributed by atoms with E-state index in [0.29, 0.717) is 10.5 Å². The summed E-state index contributed by atoms with van der Waals surface area (Å²) in [6.45, 7) is 1.70. The minimum Gasteiger partial charge on any atom is -0.478 e. The molecule has 0 fully saturated rings. The Morgan fingerprint density at radius 2 is 2.04 bits per heavy atom. The Kier molecular flexibility index (Phi) is 4.86. The zero-order valence-corrected chi connectivity index (χ0v) is 14.6. The zero-order valence-electron chi connectivity index (χ0n) is 13.0. The van der Waals surface area contributed by atoms with Gasteiger partial charge in [-0.05, 0) is 19.1 Å². The number of anilines is 1. The lowest BCUT2D eigenvalue weighted by molar-refractivity contribution is -0.115. The van der Waals surface area contributed by atoms with Crippen molar-refractivity contribution in [2.75, 3.05) is 5.32 Å². The highest BCUT2D eigenvalue weighted by Gasteiger charge is 2.19. The average Bonchev–Trinajstić information content (AvgIpc) is 3.00. The number of hydrogen-bond donors (Lipinski definition) is 3. The number of benzene rings is 1. The number of amides is 1. The van der Waals surface area contributed by atoms with Crippen molar-refractivity contribution in [1.29, 1.82) is 0 Å². The van der Waals surface area contributed by atoms with Gasteiger partial charge in [0.15, 0.2) is 5.16 Å². The summed E-state index contributed by atoms with van der Waals surface area (Å²) in [5.41, 5.74) is 0.0863. The number of carboxylic acid groups (broad SMARTS) is 1. The van der Waals surface area contributed by atoms with E-state index < -0.39 is 16.8 Å². The van der Waals surface area contributed by atoms with Gasteiger partial charge >= 0.3 is 5.97 Å². The summed E-state index contributed by atoms with van der Waals surface area (Å²) in [6.07, 6.45) is 0. The lowest BCUT2D eigenvalue weighted by Crippen LogP contribution is -2.23. The van der Waals surface area contributed by atoms with Gasteiger partial charge in [-0.2, -0.15) is 0 Å². The predicted molar refractivity (Wildman–Crippen MR) is 97.6 cm³/mol. The molecule has 1 atom stereocenters. The second-order valence-corrected chi connectivity index (χ2v) is 7.31. The maximum atomic E-state index is 12.2. The number of nitrogens with one attached hydrogen (secondary N) is 2. The van der Waals surface area contributed by atoms with Gasteiger partial charge in [-0.1, -0.05) is 30.0 Å². The van der Waals surface area contributed by atoms with Gasteiger partial charge in [0.05, 0.1) is 16.2 Å². The van der Waals surface area contributed by atoms with Crippen molar-refractivity contribution in [2.24, 2.45) is 0 Å². The highest BCUT2D eigenvalue weighted by molar-refractivity contribution is 8.00. The lowest BCUT2D eigenvalue weighted by Gasteiger charge is -2.11. The third kappa shape index (κ3) is 3.72. The number of aromatic nitrogens is 2. The molecule has 3 aromatic rings. The summed E-state index contributed by atoms with van der Waals surface area (Å²) in [4.78, 5) is 42.6. The van der Waals surface area contributed by atoms with E-state index in [9.17, 15) is 14.4 Å². The van der Waals surface area contributed by atoms with Crippen LogP contribution >= 0.6 is 23.1 Å². The van der Waals surface area contributed by atoms with Crippen LogP contribution in [0, 0.1) is 0 Å². The van der Waals surface area contributed by atoms with E-state index in [1.54, 1.807) is 19.1 Å². The molecule has 25 heavy (non-hydrogen) atoms. The molecule has 3 rings (SSSR count). The number of aromatic carboxylic acids is 1. The van der Waals surface area contributed by atoms with Gasteiger partial charge in [0.25, 0.3) is 5.56 Å². The Morgan fingerprint density at radius 3 is 2.72 bits per heavy atom. The molecule has 1 aromatic carbocycles. The number of H-pyrrole nitrogens is 1. The van der Waals surface area contributed by atoms with Gasteiger partial charge in [-0.25, -0.2) is 9.78 Å². The second kappa shape index (κ2) is 7.08. The third-order valence-corrected chi connectivity index (χ3v) is 5.21. The Bertz CT molecular complexity index is 998. The van der Waals surface area contributed by atoms with E-state index in [2.05, 4.69) is 15.3 Å². The van der Waals surface area contributed by atoms with Crippen LogP contribution in [-0.4, -0.2) is 32.2 Å². The van der Waals surface area contributed by atoms with Gasteiger partial charge in [0.2, 0.25) is 5.91 Å². The van der Waals surface area contributed by atoms with E-state index in [4.69, 9.17) is 5.11 Å². The normalized spacial score (nSPS) is 12.0. The SMILES string of the molecule is CC(Sc1nc2scc(C(=O)O)c2c(=O)[nH]1)C(=O)Nc1ccccc1. The number of carbonyl (C=O) groups excluding carboxylic acids is 1. The van der Waals surface area contributed by atoms with Crippen molar-refractivity contribution in [1.82, 2.24) is 9.97 Å². The van der Waals surface area contributed by atoms with Crippen LogP contribution in [0.2, 0.25) is 0 Å². The Hall–Kier alpha value is -2.65. The van der Waals surface area contributed by atoms with E-state index in [-0.39, 0.29) is 22.0 Å². The van der Waals surface area contributed by atoms with Crippen LogP contribution in [0.4, 0.5) is 5.69 Å². The summed E-state index contributed by atoms with van der Waals surface area (Å²) in [7, 11) is 0. The lowest BCUT2D eigenvalue weighted by atomic mass is 10.2. The fourth-order valence-electron chi connectivity index (χ4n) is 2.13. The maximum Gasteiger partial charge on any atom is 0.337 e. The molecule has 1 unspecified atom stereocenters. The highest BCUT2D eigenvalue weighted by atomic mass is 32.2. The summed E-state index contributed by atoms with van der Waals surface area (Å²) in [5.74, 6) is -1.40. The maximum absolute atomic E-state index is 12.2. The average molecular weight is 375 g/mol. The minimum absolute atomic E-state index is 0.0586. The number of carboxylic acids is 1. The minimum atomic E-state index is -1.17. The molecule has 0 spiro atoms. The first-order valence-electron chi connectivity index (χ1n) is 7.23. The molecule has 0 radical (unpaired) electrons. The van der Waals surface area contributed by atoms with Crippen molar-refractivity contribution < 1.29 is 14.7 Å². The molecular formula is C16H13N3O4S2. The number of aromatic amines is 1. The molecule has 0 aliphatic carbocycles. The summed E-state index contributed by atoms with van der Waals surface area (Å²) >= 11 is 2.18. The molecule has 128 valence electrons. The van der Waals surface area contributed by atoms with E-state index >= 15 is 0 Å². The van der Waals surface area contributed by atoms with Crippen molar-refractivity contribution in [3.05, 3.63) is 51.6 Å². The second-order valence-electron chi connectivity index (χ2n) is 5.12. The zero-order chi connectivity index (χ0) is 18.0. The first-order valence-corrected chi connectivity index (χ1v) is 8.99. The number of para-hydroxylation sites is 1. The predicted octanol–water partition coefficient (Wildman–Crippen LogP) is 2.80. The largest absolute Gasteiger partial charge is 0.478 e. The Labute approximate surface area is 150 Å². The molecule has 2 heterocycles. The van der Waals surface area contributed by atoms with Crippen LogP contribution in [0.1, 0.15) is 17.3 Å². The van der Waals surface area contributed by atoms with Crippen LogP contribution in [-0.2, 0) is 4.79 Å². The summed E-state index contributed by atoms with van der Waals surface area (Å²) < 4.78 is 0. The molecule has 0 aliphatic heterocycles. The van der Waals surface area contributed by atoms with Crippen molar-refractivity contribution in [2.45, 2.75) is 17.3 Å². The quantitative estimate of drug-likeness (QED) is 0.467. The van der Waals surface area contributed by atoms with Crippen LogP contribution in [0.15, 0.2) is 45.7 Å². The highest BCUT2D eigenvalue weighted by Crippen LogP contribution is 2.25. The third-order valence-electron chi connectivity index (χ3n) is 3.35. The number of thiophene rings is 1. The molecule has 9 heteroatoms. The van der Waals surface area contributed by atoms with Gasteiger partial charge < -0.3 is 15.4 Å². The molecule has 3 N–H and O–H groups in total. The number of thioether (sulfide) groups is 1. The molecule has 0 aliphatic rings.